The molecule has 0 radical (unpaired) electrons. The fourth-order valence-corrected chi connectivity index (χ4v) is 0.491. The van der Waals surface area contributed by atoms with Crippen LogP contribution in [0.1, 0.15) is 12.8 Å². The van der Waals surface area contributed by atoms with E-state index in [1.165, 1.54) is 0 Å². The van der Waals surface area contributed by atoms with E-state index in [2.05, 4.69) is 4.74 Å². The minimum Gasteiger partial charge on any atom is -0.394 e. The van der Waals surface area contributed by atoms with Crippen molar-refractivity contribution in [2.75, 3.05) is 13.2 Å². The van der Waals surface area contributed by atoms with Crippen LogP contribution in [0.15, 0.2) is 0 Å². The zero-order valence-corrected chi connectivity index (χ0v) is 6.97. The van der Waals surface area contributed by atoms with Crippen LogP contribution in [0.25, 0.3) is 0 Å². The first-order valence-corrected chi connectivity index (χ1v) is 3.73. The van der Waals surface area contributed by atoms with E-state index in [1.54, 1.807) is 0 Å². The molecule has 0 saturated carbocycles. The number of aliphatic hydroxyl groups excluding tert-OH is 3. The van der Waals surface area contributed by atoms with Gasteiger partial charge in [0.05, 0.1) is 26.1 Å². The third-order valence-corrected chi connectivity index (χ3v) is 1.18. The first-order valence-electron chi connectivity index (χ1n) is 3.73. The molecule has 0 amide bonds. The molecule has 0 aromatic rings. The first kappa shape index (κ1) is 12.0. The lowest BCUT2D eigenvalue weighted by molar-refractivity contribution is -0.151. The van der Waals surface area contributed by atoms with Crippen molar-refractivity contribution in [1.29, 1.82) is 0 Å². The molecule has 0 aromatic heterocycles. The molecule has 1 rings (SSSR count). The minimum absolute atomic E-state index is 0.263. The normalized spacial score (nSPS) is 15.4. The quantitative estimate of drug-likeness (QED) is 0.351. The Morgan fingerprint density at radius 1 is 1.15 bits per heavy atom. The predicted molar refractivity (Wildman–Crippen MR) is 40.5 cm³/mol. The van der Waals surface area contributed by atoms with Crippen molar-refractivity contribution in [2.24, 2.45) is 0 Å². The van der Waals surface area contributed by atoms with E-state index >= 15 is 0 Å². The van der Waals surface area contributed by atoms with Crippen molar-refractivity contribution >= 4 is 11.9 Å². The zero-order chi connectivity index (χ0) is 10.3. The molecule has 0 aliphatic carbocycles. The third kappa shape index (κ3) is 6.21. The number of ether oxygens (including phenoxy) is 1. The number of hydrogen-bond acceptors (Lipinski definition) is 6. The lowest BCUT2D eigenvalue weighted by atomic mass is 10.4. The Morgan fingerprint density at radius 3 is 1.62 bits per heavy atom. The minimum atomic E-state index is -0.954. The van der Waals surface area contributed by atoms with Crippen LogP contribution in [-0.4, -0.2) is 46.6 Å². The number of hydrogen-bond donors (Lipinski definition) is 3. The van der Waals surface area contributed by atoms with E-state index in [1.807, 2.05) is 0 Å². The molecule has 76 valence electrons. The Balaban J connectivity index is 0.000000226. The second-order valence-corrected chi connectivity index (χ2v) is 2.37. The summed E-state index contributed by atoms with van der Waals surface area (Å²) in [6.45, 7) is -0.729. The topological polar surface area (TPSA) is 104 Å². The number of cyclic esters (lactones) is 2. The van der Waals surface area contributed by atoms with Crippen LogP contribution in [0.3, 0.4) is 0 Å². The second kappa shape index (κ2) is 6.53. The summed E-state index contributed by atoms with van der Waals surface area (Å²) >= 11 is 0. The Bertz CT molecular complexity index is 160. The zero-order valence-electron chi connectivity index (χ0n) is 6.97. The highest BCUT2D eigenvalue weighted by atomic mass is 16.6. The molecule has 0 spiro atoms. The van der Waals surface area contributed by atoms with Gasteiger partial charge in [-0.25, -0.2) is 0 Å². The fraction of sp³-hybridized carbons (Fsp3) is 0.714. The van der Waals surface area contributed by atoms with Crippen molar-refractivity contribution < 1.29 is 29.6 Å². The van der Waals surface area contributed by atoms with Crippen LogP contribution in [-0.2, 0) is 14.3 Å². The summed E-state index contributed by atoms with van der Waals surface area (Å²) < 4.78 is 4.08. The molecule has 6 heteroatoms. The maximum Gasteiger partial charge on any atom is 0.314 e. The number of carbonyl (C=O) groups is 2. The van der Waals surface area contributed by atoms with E-state index in [9.17, 15) is 9.59 Å². The van der Waals surface area contributed by atoms with Crippen molar-refractivity contribution in [3.63, 3.8) is 0 Å². The molecular formula is C7H12O6. The summed E-state index contributed by atoms with van der Waals surface area (Å²) in [6, 6.07) is 0. The molecule has 1 aliphatic heterocycles. The van der Waals surface area contributed by atoms with Gasteiger partial charge in [-0.3, -0.25) is 9.59 Å². The smallest absolute Gasteiger partial charge is 0.314 e. The van der Waals surface area contributed by atoms with Crippen molar-refractivity contribution in [3.8, 4) is 0 Å². The molecule has 3 N–H and O–H groups in total. The van der Waals surface area contributed by atoms with Gasteiger partial charge >= 0.3 is 11.9 Å². The van der Waals surface area contributed by atoms with Gasteiger partial charge in [0.15, 0.2) is 0 Å². The highest BCUT2D eigenvalue weighted by molar-refractivity contribution is 5.92. The fourth-order valence-electron chi connectivity index (χ4n) is 0.491. The second-order valence-electron chi connectivity index (χ2n) is 2.37. The number of carbonyl (C=O) groups excluding carboxylic acids is 2. The van der Waals surface area contributed by atoms with Crippen molar-refractivity contribution in [3.05, 3.63) is 0 Å². The number of aliphatic hydroxyl groups is 3. The lowest BCUT2D eigenvalue weighted by Gasteiger charge is -1.96. The number of esters is 2. The average molecular weight is 192 g/mol. The van der Waals surface area contributed by atoms with Gasteiger partial charge in [0.2, 0.25) is 0 Å². The van der Waals surface area contributed by atoms with Crippen LogP contribution >= 0.6 is 0 Å². The van der Waals surface area contributed by atoms with E-state index in [0.29, 0.717) is 0 Å². The van der Waals surface area contributed by atoms with Gasteiger partial charge in [0.25, 0.3) is 0 Å². The van der Waals surface area contributed by atoms with Gasteiger partial charge in [0.1, 0.15) is 6.10 Å². The van der Waals surface area contributed by atoms with Crippen molar-refractivity contribution in [2.45, 2.75) is 18.9 Å². The molecule has 0 aromatic carbocycles. The maximum absolute atomic E-state index is 10.0. The Morgan fingerprint density at radius 2 is 1.54 bits per heavy atom. The molecule has 1 aliphatic rings. The SMILES string of the molecule is O=C1CCC(=O)O1.OCC(O)CO. The van der Waals surface area contributed by atoms with Gasteiger partial charge < -0.3 is 20.1 Å². The Labute approximate surface area is 74.7 Å². The molecule has 1 saturated heterocycles. The summed E-state index contributed by atoms with van der Waals surface area (Å²) in [6.07, 6.45) is -0.428. The average Bonchev–Trinajstić information content (AvgIpc) is 2.49. The Hall–Kier alpha value is -0.980. The van der Waals surface area contributed by atoms with Crippen LogP contribution in [0.5, 0.6) is 0 Å². The molecule has 0 bridgehead atoms. The van der Waals surface area contributed by atoms with E-state index in [4.69, 9.17) is 15.3 Å². The van der Waals surface area contributed by atoms with E-state index in [-0.39, 0.29) is 26.1 Å². The first-order chi connectivity index (χ1) is 6.10. The molecule has 1 heterocycles. The molecule has 0 unspecified atom stereocenters. The maximum atomic E-state index is 10.0. The monoisotopic (exact) mass is 192 g/mol. The van der Waals surface area contributed by atoms with Gasteiger partial charge in [-0.15, -0.1) is 0 Å². The van der Waals surface area contributed by atoms with Crippen LogP contribution in [0, 0.1) is 0 Å². The molecule has 6 nitrogen and oxygen atoms in total. The van der Waals surface area contributed by atoms with E-state index in [0.717, 1.165) is 0 Å². The summed E-state index contributed by atoms with van der Waals surface area (Å²) in [7, 11) is 0. The number of rotatable bonds is 2. The molecular weight excluding hydrogens is 180 g/mol. The third-order valence-electron chi connectivity index (χ3n) is 1.18. The Kier molecular flexibility index (Phi) is 6.03. The lowest BCUT2D eigenvalue weighted by Crippen LogP contribution is -2.15. The van der Waals surface area contributed by atoms with Gasteiger partial charge in [-0.05, 0) is 0 Å². The molecule has 1 fully saturated rings. The predicted octanol–water partition coefficient (Wildman–Crippen LogP) is -1.82. The van der Waals surface area contributed by atoms with Crippen LogP contribution in [0.2, 0.25) is 0 Å². The summed E-state index contributed by atoms with van der Waals surface area (Å²) in [5, 5.41) is 24.0. The molecule has 13 heavy (non-hydrogen) atoms. The highest BCUT2D eigenvalue weighted by Crippen LogP contribution is 2.03. The highest BCUT2D eigenvalue weighted by Gasteiger charge is 2.19. The largest absolute Gasteiger partial charge is 0.394 e. The van der Waals surface area contributed by atoms with Gasteiger partial charge in [0, 0.05) is 0 Å². The summed E-state index contributed by atoms with van der Waals surface area (Å²) in [5.41, 5.74) is 0. The van der Waals surface area contributed by atoms with Gasteiger partial charge in [-0.1, -0.05) is 0 Å². The van der Waals surface area contributed by atoms with Crippen LogP contribution < -0.4 is 0 Å². The summed E-state index contributed by atoms with van der Waals surface area (Å²) in [5.74, 6) is -0.796. The standard InChI is InChI=1S/C4H4O3.C3H8O3/c5-3-1-2-4(6)7-3;4-1-3(6)2-5/h1-2H2;3-6H,1-2H2. The van der Waals surface area contributed by atoms with Gasteiger partial charge in [-0.2, -0.15) is 0 Å². The molecule has 0 atom stereocenters. The van der Waals surface area contributed by atoms with Crippen molar-refractivity contribution in [1.82, 2.24) is 0 Å². The van der Waals surface area contributed by atoms with Crippen LogP contribution in [0.4, 0.5) is 0 Å². The summed E-state index contributed by atoms with van der Waals surface area (Å²) in [4.78, 5) is 20.0. The van der Waals surface area contributed by atoms with E-state index < -0.39 is 18.0 Å².